The van der Waals surface area contributed by atoms with Crippen molar-refractivity contribution in [2.75, 3.05) is 26.3 Å². The Hall–Kier alpha value is -2.79. The number of aliphatic hydroxyl groups excluding tert-OH is 1. The molecular weight excluding hydrogens is 494 g/mol. The van der Waals surface area contributed by atoms with E-state index in [0.29, 0.717) is 12.1 Å². The van der Waals surface area contributed by atoms with Crippen LogP contribution >= 0.6 is 0 Å². The number of carbonyl (C=O) groups is 1. The molecule has 4 heteroatoms. The smallest absolute Gasteiger partial charge is 0.176 e. The summed E-state index contributed by atoms with van der Waals surface area (Å²) in [5, 5.41) is 9.57. The van der Waals surface area contributed by atoms with E-state index in [1.54, 1.807) is 0 Å². The maximum Gasteiger partial charge on any atom is 0.176 e. The lowest BCUT2D eigenvalue weighted by Crippen LogP contribution is -2.30. The van der Waals surface area contributed by atoms with Crippen molar-refractivity contribution in [2.24, 2.45) is 0 Å². The van der Waals surface area contributed by atoms with Crippen LogP contribution < -0.4 is 0 Å². The number of benzene rings is 3. The average Bonchev–Trinajstić information content (AvgIpc) is 2.97. The minimum atomic E-state index is -0.0436. The fourth-order valence-electron chi connectivity index (χ4n) is 4.54. The van der Waals surface area contributed by atoms with Crippen molar-refractivity contribution in [3.8, 4) is 0 Å². The van der Waals surface area contributed by atoms with Gasteiger partial charge in [0.2, 0.25) is 0 Å². The van der Waals surface area contributed by atoms with Crippen molar-refractivity contribution < 1.29 is 14.6 Å². The Labute approximate surface area is 243 Å². The summed E-state index contributed by atoms with van der Waals surface area (Å²) >= 11 is 0. The third kappa shape index (κ3) is 14.0. The molecular formula is C36H51NO3. The first-order valence-electron chi connectivity index (χ1n) is 15.2. The molecule has 0 amide bonds. The molecule has 3 rings (SSSR count). The molecule has 0 spiro atoms. The first kappa shape index (κ1) is 33.4. The molecule has 4 nitrogen and oxygen atoms in total. The van der Waals surface area contributed by atoms with Crippen molar-refractivity contribution in [1.29, 1.82) is 0 Å². The van der Waals surface area contributed by atoms with Gasteiger partial charge >= 0.3 is 0 Å². The van der Waals surface area contributed by atoms with E-state index < -0.39 is 0 Å². The van der Waals surface area contributed by atoms with Crippen molar-refractivity contribution >= 4 is 5.78 Å². The molecule has 0 unspecified atom stereocenters. The van der Waals surface area contributed by atoms with E-state index in [4.69, 9.17) is 4.74 Å². The van der Waals surface area contributed by atoms with Gasteiger partial charge in [0.05, 0.1) is 13.2 Å². The van der Waals surface area contributed by atoms with Crippen LogP contribution in [0.4, 0.5) is 0 Å². The zero-order valence-electron chi connectivity index (χ0n) is 25.1. The molecule has 0 aliphatic carbocycles. The zero-order valence-corrected chi connectivity index (χ0v) is 25.1. The summed E-state index contributed by atoms with van der Waals surface area (Å²) in [6, 6.07) is 26.6. The number of aliphatic hydroxyl groups is 1. The summed E-state index contributed by atoms with van der Waals surface area (Å²) in [4.78, 5) is 15.3. The molecule has 3 aromatic carbocycles. The maximum atomic E-state index is 13.0. The molecule has 0 aliphatic rings. The van der Waals surface area contributed by atoms with Gasteiger partial charge in [-0.05, 0) is 73.9 Å². The first-order chi connectivity index (χ1) is 19.6. The van der Waals surface area contributed by atoms with Gasteiger partial charge in [-0.2, -0.15) is 0 Å². The quantitative estimate of drug-likeness (QED) is 0.129. The van der Waals surface area contributed by atoms with E-state index in [1.165, 1.54) is 24.0 Å². The largest absolute Gasteiger partial charge is 0.392 e. The highest BCUT2D eigenvalue weighted by atomic mass is 16.5. The number of carbonyl (C=O) groups excluding carboxylic acids is 1. The van der Waals surface area contributed by atoms with E-state index in [1.807, 2.05) is 43.3 Å². The Kier molecular flexibility index (Phi) is 17.6. The topological polar surface area (TPSA) is 49.8 Å². The summed E-state index contributed by atoms with van der Waals surface area (Å²) in [6.45, 7) is 9.87. The van der Waals surface area contributed by atoms with Crippen LogP contribution in [0.25, 0.3) is 0 Å². The predicted octanol–water partition coefficient (Wildman–Crippen LogP) is 8.19. The summed E-state index contributed by atoms with van der Waals surface area (Å²) in [5.41, 5.74) is 5.12. The van der Waals surface area contributed by atoms with Crippen molar-refractivity contribution in [2.45, 2.75) is 85.3 Å². The molecule has 218 valence electrons. The lowest BCUT2D eigenvalue weighted by molar-refractivity contribution is 0.0923. The molecule has 0 radical (unpaired) electrons. The number of rotatable bonds is 18. The number of ketones is 1. The van der Waals surface area contributed by atoms with Gasteiger partial charge in [-0.3, -0.25) is 9.69 Å². The van der Waals surface area contributed by atoms with Gasteiger partial charge in [0.25, 0.3) is 0 Å². The Bertz CT molecular complexity index is 1050. The molecule has 0 saturated heterocycles. The number of aryl methyl sites for hydroxylation is 2. The van der Waals surface area contributed by atoms with Gasteiger partial charge in [-0.25, -0.2) is 0 Å². The van der Waals surface area contributed by atoms with Crippen LogP contribution in [0.15, 0.2) is 78.9 Å². The van der Waals surface area contributed by atoms with E-state index in [0.717, 1.165) is 76.0 Å². The normalized spacial score (nSPS) is 10.8. The van der Waals surface area contributed by atoms with Crippen molar-refractivity contribution in [1.82, 2.24) is 4.90 Å². The van der Waals surface area contributed by atoms with Crippen LogP contribution in [0.3, 0.4) is 0 Å². The Morgan fingerprint density at radius 2 is 1.38 bits per heavy atom. The van der Waals surface area contributed by atoms with E-state index in [-0.39, 0.29) is 12.4 Å². The lowest BCUT2D eigenvalue weighted by Gasteiger charge is -2.22. The second-order valence-electron chi connectivity index (χ2n) is 10.6. The van der Waals surface area contributed by atoms with Crippen LogP contribution in [0.2, 0.25) is 0 Å². The van der Waals surface area contributed by atoms with Crippen LogP contribution in [0.1, 0.15) is 91.4 Å². The molecule has 0 bridgehead atoms. The van der Waals surface area contributed by atoms with Crippen LogP contribution in [-0.4, -0.2) is 42.1 Å². The van der Waals surface area contributed by atoms with Gasteiger partial charge in [0, 0.05) is 25.3 Å². The zero-order chi connectivity index (χ0) is 28.8. The fraction of sp³-hybridized carbons (Fsp3) is 0.472. The summed E-state index contributed by atoms with van der Waals surface area (Å²) < 4.78 is 5.83. The van der Waals surface area contributed by atoms with E-state index >= 15 is 0 Å². The number of hydrogen-bond acceptors (Lipinski definition) is 4. The second kappa shape index (κ2) is 21.0. The standard InChI is InChI=1S/C33H43NO3.C3H8/c1-28-19-20-31(24-32(28)27-35)33(36)26-34(25-30-17-8-5-9-18-30)21-11-2-3-12-22-37-23-13-10-16-29-14-6-4-7-15-29;1-3-2/h4-9,14-15,17-20,24,35H,2-3,10-13,16,21-23,25-27H2,1H3;3H2,1-2H3. The number of hydrogen-bond donors (Lipinski definition) is 1. The SMILES string of the molecule is CCC.Cc1ccc(C(=O)CN(CCCCCCOCCCCc2ccccc2)Cc2ccccc2)cc1CO. The monoisotopic (exact) mass is 545 g/mol. The van der Waals surface area contributed by atoms with Gasteiger partial charge < -0.3 is 9.84 Å². The number of nitrogens with zero attached hydrogens (tertiary/aromatic N) is 1. The molecule has 0 aromatic heterocycles. The molecule has 0 aliphatic heterocycles. The third-order valence-electron chi connectivity index (χ3n) is 6.82. The third-order valence-corrected chi connectivity index (χ3v) is 6.82. The highest BCUT2D eigenvalue weighted by Crippen LogP contribution is 2.14. The molecule has 0 fully saturated rings. The molecule has 40 heavy (non-hydrogen) atoms. The highest BCUT2D eigenvalue weighted by Gasteiger charge is 2.14. The van der Waals surface area contributed by atoms with Crippen LogP contribution in [0, 0.1) is 6.92 Å². The van der Waals surface area contributed by atoms with Gasteiger partial charge in [-0.15, -0.1) is 0 Å². The van der Waals surface area contributed by atoms with Gasteiger partial charge in [0.15, 0.2) is 5.78 Å². The molecule has 0 heterocycles. The van der Waals surface area contributed by atoms with E-state index in [9.17, 15) is 9.90 Å². The maximum absolute atomic E-state index is 13.0. The van der Waals surface area contributed by atoms with Gasteiger partial charge in [0.1, 0.15) is 0 Å². The van der Waals surface area contributed by atoms with Gasteiger partial charge in [-0.1, -0.05) is 106 Å². The number of Topliss-reactive ketones (excluding diaryl/α,β-unsaturated/α-hetero) is 1. The Morgan fingerprint density at radius 3 is 2.02 bits per heavy atom. The molecule has 0 atom stereocenters. The fourth-order valence-corrected chi connectivity index (χ4v) is 4.54. The van der Waals surface area contributed by atoms with Crippen LogP contribution in [0.5, 0.6) is 0 Å². The molecule has 0 saturated carbocycles. The van der Waals surface area contributed by atoms with Crippen LogP contribution in [-0.2, 0) is 24.3 Å². The number of ether oxygens (including phenoxy) is 1. The molecule has 1 N–H and O–H groups in total. The highest BCUT2D eigenvalue weighted by molar-refractivity contribution is 5.97. The Morgan fingerprint density at radius 1 is 0.775 bits per heavy atom. The second-order valence-corrected chi connectivity index (χ2v) is 10.6. The Balaban J connectivity index is 0.00000178. The minimum absolute atomic E-state index is 0.0436. The summed E-state index contributed by atoms with van der Waals surface area (Å²) in [6.07, 6.45) is 9.09. The predicted molar refractivity (Wildman–Crippen MR) is 168 cm³/mol. The molecule has 3 aromatic rings. The minimum Gasteiger partial charge on any atom is -0.392 e. The summed E-state index contributed by atoms with van der Waals surface area (Å²) in [5.74, 6) is 0.103. The number of unbranched alkanes of at least 4 members (excludes halogenated alkanes) is 4. The lowest BCUT2D eigenvalue weighted by atomic mass is 10.0. The van der Waals surface area contributed by atoms with E-state index in [2.05, 4.69) is 61.2 Å². The van der Waals surface area contributed by atoms with Crippen molar-refractivity contribution in [3.63, 3.8) is 0 Å². The summed E-state index contributed by atoms with van der Waals surface area (Å²) in [7, 11) is 0. The average molecular weight is 546 g/mol. The first-order valence-corrected chi connectivity index (χ1v) is 15.2. The van der Waals surface area contributed by atoms with Crippen molar-refractivity contribution in [3.05, 3.63) is 107 Å².